The van der Waals surface area contributed by atoms with Crippen LogP contribution in [0.25, 0.3) is 5.65 Å². The third kappa shape index (κ3) is 2.30. The van der Waals surface area contributed by atoms with Crippen molar-refractivity contribution in [1.82, 2.24) is 9.38 Å². The lowest BCUT2D eigenvalue weighted by Crippen LogP contribution is -2.02. The van der Waals surface area contributed by atoms with Crippen LogP contribution in [0.3, 0.4) is 0 Å². The predicted octanol–water partition coefficient (Wildman–Crippen LogP) is 3.63. The summed E-state index contributed by atoms with van der Waals surface area (Å²) in [4.78, 5) is 4.60. The zero-order chi connectivity index (χ0) is 14.1. The molecule has 1 aromatic carbocycles. The van der Waals surface area contributed by atoms with Crippen LogP contribution in [0.15, 0.2) is 48.7 Å². The second-order valence-corrected chi connectivity index (χ2v) is 5.24. The molecule has 1 unspecified atom stereocenters. The standard InChI is InChI=1S/C16H15ClN2O/c1-11(20)15-14(10-12-6-3-2-4-7-12)18-16-13(17)8-5-9-19(15)16/h2-9,11,20H,10H2,1H3. The first-order valence-corrected chi connectivity index (χ1v) is 6.92. The molecule has 0 fully saturated rings. The van der Waals surface area contributed by atoms with E-state index in [2.05, 4.69) is 17.1 Å². The zero-order valence-corrected chi connectivity index (χ0v) is 11.9. The summed E-state index contributed by atoms with van der Waals surface area (Å²) >= 11 is 6.19. The van der Waals surface area contributed by atoms with Crippen LogP contribution in [0.2, 0.25) is 5.02 Å². The van der Waals surface area contributed by atoms with E-state index < -0.39 is 6.10 Å². The predicted molar refractivity (Wildman–Crippen MR) is 80.1 cm³/mol. The quantitative estimate of drug-likeness (QED) is 0.798. The number of benzene rings is 1. The number of nitrogens with zero attached hydrogens (tertiary/aromatic N) is 2. The normalized spacial score (nSPS) is 12.8. The summed E-state index contributed by atoms with van der Waals surface area (Å²) in [6.07, 6.45) is 1.96. The Morgan fingerprint density at radius 1 is 1.20 bits per heavy atom. The van der Waals surface area contributed by atoms with Crippen molar-refractivity contribution in [2.75, 3.05) is 0 Å². The summed E-state index contributed by atoms with van der Waals surface area (Å²) in [7, 11) is 0. The summed E-state index contributed by atoms with van der Waals surface area (Å²) in [5, 5.41) is 10.6. The molecular formula is C16H15ClN2O. The van der Waals surface area contributed by atoms with Gasteiger partial charge < -0.3 is 5.11 Å². The molecule has 0 aliphatic heterocycles. The van der Waals surface area contributed by atoms with Crippen LogP contribution in [-0.4, -0.2) is 14.5 Å². The largest absolute Gasteiger partial charge is 0.387 e. The SMILES string of the molecule is CC(O)c1c(Cc2ccccc2)nc2c(Cl)cccn12. The summed E-state index contributed by atoms with van der Waals surface area (Å²) < 4.78 is 1.87. The van der Waals surface area contributed by atoms with Gasteiger partial charge in [0.15, 0.2) is 5.65 Å². The van der Waals surface area contributed by atoms with Crippen LogP contribution in [0, 0.1) is 0 Å². The van der Waals surface area contributed by atoms with E-state index in [9.17, 15) is 5.11 Å². The van der Waals surface area contributed by atoms with E-state index in [1.54, 1.807) is 6.92 Å². The molecule has 0 radical (unpaired) electrons. The molecule has 3 rings (SSSR count). The topological polar surface area (TPSA) is 37.5 Å². The van der Waals surface area contributed by atoms with Crippen molar-refractivity contribution < 1.29 is 5.11 Å². The second-order valence-electron chi connectivity index (χ2n) is 4.83. The molecule has 20 heavy (non-hydrogen) atoms. The fourth-order valence-corrected chi connectivity index (χ4v) is 2.67. The molecule has 1 N–H and O–H groups in total. The Labute approximate surface area is 122 Å². The van der Waals surface area contributed by atoms with Crippen molar-refractivity contribution in [2.24, 2.45) is 0 Å². The minimum atomic E-state index is -0.595. The van der Waals surface area contributed by atoms with Gasteiger partial charge in [0.05, 0.1) is 22.5 Å². The number of pyridine rings is 1. The molecule has 3 aromatic rings. The van der Waals surface area contributed by atoms with Gasteiger partial charge in [-0.3, -0.25) is 4.40 Å². The highest BCUT2D eigenvalue weighted by molar-refractivity contribution is 6.33. The number of hydrogen-bond acceptors (Lipinski definition) is 2. The molecule has 1 atom stereocenters. The number of aromatic nitrogens is 2. The number of imidazole rings is 1. The first-order valence-electron chi connectivity index (χ1n) is 6.54. The number of fused-ring (bicyclic) bond motifs is 1. The fourth-order valence-electron chi connectivity index (χ4n) is 2.46. The maximum atomic E-state index is 10.1. The molecule has 102 valence electrons. The Hall–Kier alpha value is -1.84. The van der Waals surface area contributed by atoms with Crippen LogP contribution in [0.1, 0.15) is 30.0 Å². The third-order valence-corrected chi connectivity index (χ3v) is 3.62. The molecule has 2 aromatic heterocycles. The van der Waals surface area contributed by atoms with Gasteiger partial charge in [-0.05, 0) is 24.6 Å². The van der Waals surface area contributed by atoms with Crippen molar-refractivity contribution in [2.45, 2.75) is 19.4 Å². The highest BCUT2D eigenvalue weighted by Crippen LogP contribution is 2.26. The van der Waals surface area contributed by atoms with Crippen LogP contribution in [0.4, 0.5) is 0 Å². The van der Waals surface area contributed by atoms with Crippen molar-refractivity contribution >= 4 is 17.2 Å². The Bertz CT molecular complexity index is 735. The minimum Gasteiger partial charge on any atom is -0.387 e. The lowest BCUT2D eigenvalue weighted by Gasteiger charge is -2.08. The number of halogens is 1. The average Bonchev–Trinajstić information content (AvgIpc) is 2.79. The summed E-state index contributed by atoms with van der Waals surface area (Å²) in [5.74, 6) is 0. The van der Waals surface area contributed by atoms with E-state index >= 15 is 0 Å². The van der Waals surface area contributed by atoms with Crippen LogP contribution >= 0.6 is 11.6 Å². The van der Waals surface area contributed by atoms with Gasteiger partial charge in [-0.2, -0.15) is 0 Å². The van der Waals surface area contributed by atoms with E-state index in [1.807, 2.05) is 40.9 Å². The maximum absolute atomic E-state index is 10.1. The smallest absolute Gasteiger partial charge is 0.156 e. The molecule has 0 saturated carbocycles. The fraction of sp³-hybridized carbons (Fsp3) is 0.188. The first-order chi connectivity index (χ1) is 9.66. The van der Waals surface area contributed by atoms with Crippen molar-refractivity contribution in [3.8, 4) is 0 Å². The van der Waals surface area contributed by atoms with Gasteiger partial charge >= 0.3 is 0 Å². The molecule has 3 nitrogen and oxygen atoms in total. The molecule has 0 saturated heterocycles. The van der Waals surface area contributed by atoms with Gasteiger partial charge in [-0.25, -0.2) is 4.98 Å². The van der Waals surface area contributed by atoms with Gasteiger partial charge in [0.1, 0.15) is 0 Å². The number of aliphatic hydroxyl groups is 1. The van der Waals surface area contributed by atoms with Crippen LogP contribution in [-0.2, 0) is 6.42 Å². The highest BCUT2D eigenvalue weighted by Gasteiger charge is 2.17. The lowest BCUT2D eigenvalue weighted by molar-refractivity contribution is 0.192. The van der Waals surface area contributed by atoms with Gasteiger partial charge in [0, 0.05) is 12.6 Å². The van der Waals surface area contributed by atoms with E-state index in [1.165, 1.54) is 0 Å². The Balaban J connectivity index is 2.15. The molecule has 2 heterocycles. The number of rotatable bonds is 3. The zero-order valence-electron chi connectivity index (χ0n) is 11.1. The molecule has 0 aliphatic rings. The van der Waals surface area contributed by atoms with E-state index in [0.29, 0.717) is 17.1 Å². The van der Waals surface area contributed by atoms with Crippen LogP contribution in [0.5, 0.6) is 0 Å². The maximum Gasteiger partial charge on any atom is 0.156 e. The molecule has 0 spiro atoms. The van der Waals surface area contributed by atoms with Crippen LogP contribution < -0.4 is 0 Å². The lowest BCUT2D eigenvalue weighted by atomic mass is 10.1. The molecule has 0 aliphatic carbocycles. The monoisotopic (exact) mass is 286 g/mol. The summed E-state index contributed by atoms with van der Waals surface area (Å²) in [5.41, 5.74) is 3.51. The van der Waals surface area contributed by atoms with E-state index in [0.717, 1.165) is 17.0 Å². The van der Waals surface area contributed by atoms with Crippen molar-refractivity contribution in [1.29, 1.82) is 0 Å². The number of aliphatic hydroxyl groups excluding tert-OH is 1. The summed E-state index contributed by atoms with van der Waals surface area (Å²) in [6.45, 7) is 1.75. The number of hydrogen-bond donors (Lipinski definition) is 1. The Morgan fingerprint density at radius 3 is 2.65 bits per heavy atom. The second kappa shape index (κ2) is 5.27. The van der Waals surface area contributed by atoms with E-state index in [-0.39, 0.29) is 0 Å². The molecular weight excluding hydrogens is 272 g/mol. The van der Waals surface area contributed by atoms with Gasteiger partial charge in [-0.1, -0.05) is 41.9 Å². The molecule has 0 amide bonds. The molecule has 0 bridgehead atoms. The van der Waals surface area contributed by atoms with Crippen molar-refractivity contribution in [3.63, 3.8) is 0 Å². The molecule has 4 heteroatoms. The highest BCUT2D eigenvalue weighted by atomic mass is 35.5. The van der Waals surface area contributed by atoms with Gasteiger partial charge in [0.2, 0.25) is 0 Å². The average molecular weight is 287 g/mol. The third-order valence-electron chi connectivity index (χ3n) is 3.33. The Morgan fingerprint density at radius 2 is 1.95 bits per heavy atom. The minimum absolute atomic E-state index is 0.591. The van der Waals surface area contributed by atoms with Gasteiger partial charge in [-0.15, -0.1) is 0 Å². The Kier molecular flexibility index (Phi) is 3.47. The van der Waals surface area contributed by atoms with Crippen molar-refractivity contribution in [3.05, 3.63) is 70.6 Å². The first kappa shape index (κ1) is 13.2. The summed E-state index contributed by atoms with van der Waals surface area (Å²) in [6, 6.07) is 13.8. The van der Waals surface area contributed by atoms with E-state index in [4.69, 9.17) is 11.6 Å². The van der Waals surface area contributed by atoms with Gasteiger partial charge in [0.25, 0.3) is 0 Å².